The summed E-state index contributed by atoms with van der Waals surface area (Å²) in [5, 5.41) is 9.28. The molecule has 0 saturated heterocycles. The number of carbonyl (C=O) groups excluding carboxylic acids is 1. The zero-order valence-corrected chi connectivity index (χ0v) is 19.4. The maximum absolute atomic E-state index is 15.0. The summed E-state index contributed by atoms with van der Waals surface area (Å²) in [6.45, 7) is 1.83. The number of carbonyl (C=O) groups is 1. The fourth-order valence-corrected chi connectivity index (χ4v) is 4.47. The summed E-state index contributed by atoms with van der Waals surface area (Å²) in [5.41, 5.74) is 5.76. The third-order valence-electron chi connectivity index (χ3n) is 4.95. The van der Waals surface area contributed by atoms with Crippen molar-refractivity contribution < 1.29 is 22.0 Å². The molecule has 7 nitrogen and oxygen atoms in total. The van der Waals surface area contributed by atoms with E-state index in [2.05, 4.69) is 10.4 Å². The predicted octanol–water partition coefficient (Wildman–Crippen LogP) is 4.70. The zero-order valence-electron chi connectivity index (χ0n) is 17.7. The molecule has 0 spiro atoms. The van der Waals surface area contributed by atoms with Crippen molar-refractivity contribution >= 4 is 61.5 Å². The fraction of sp³-hybridized carbons (Fsp3) is 0.0435. The average Bonchev–Trinajstić information content (AvgIpc) is 3.27. The highest BCUT2D eigenvalue weighted by molar-refractivity contribution is 7.74. The van der Waals surface area contributed by atoms with Crippen LogP contribution >= 0.6 is 11.3 Å². The Labute approximate surface area is 199 Å². The first-order valence-electron chi connectivity index (χ1n) is 9.85. The Morgan fingerprint density at radius 3 is 2.50 bits per heavy atom. The highest BCUT2D eigenvalue weighted by atomic mass is 32.2. The third-order valence-corrected chi connectivity index (χ3v) is 6.49. The first-order valence-corrected chi connectivity index (χ1v) is 11.9. The summed E-state index contributed by atoms with van der Waals surface area (Å²) in [7, 11) is -3.22. The van der Waals surface area contributed by atoms with E-state index in [-0.39, 0.29) is 11.3 Å². The van der Waals surface area contributed by atoms with Gasteiger partial charge in [-0.2, -0.15) is 9.52 Å². The third kappa shape index (κ3) is 4.75. The molecule has 0 fully saturated rings. The number of nitrogens with two attached hydrogens (primary N) is 1. The van der Waals surface area contributed by atoms with Gasteiger partial charge in [-0.1, -0.05) is 17.7 Å². The second-order valence-electron chi connectivity index (χ2n) is 7.29. The normalized spacial score (nSPS) is 11.4. The first-order chi connectivity index (χ1) is 16.2. The second kappa shape index (κ2) is 9.57. The maximum Gasteiger partial charge on any atom is 0.250 e. The SMILES string of the molecule is Cc1ccc(N(/N=C/c2cc(C(N)=O)c(Nc3ccc4sccc4c3)c(F)c2F)[SH](=O)=O)cc1. The number of rotatable bonds is 7. The minimum Gasteiger partial charge on any atom is -0.366 e. The molecular formula is C23H18F2N4O3S2. The summed E-state index contributed by atoms with van der Waals surface area (Å²) in [6, 6.07) is 14.5. The minimum absolute atomic E-state index is 0.205. The van der Waals surface area contributed by atoms with Gasteiger partial charge in [-0.05, 0) is 60.2 Å². The van der Waals surface area contributed by atoms with Gasteiger partial charge in [0.05, 0.1) is 23.2 Å². The molecular weight excluding hydrogens is 482 g/mol. The van der Waals surface area contributed by atoms with Gasteiger partial charge in [0.15, 0.2) is 11.6 Å². The van der Waals surface area contributed by atoms with Gasteiger partial charge in [-0.15, -0.1) is 11.3 Å². The summed E-state index contributed by atoms with van der Waals surface area (Å²) >= 11 is 1.53. The van der Waals surface area contributed by atoms with E-state index in [1.807, 2.05) is 24.4 Å². The van der Waals surface area contributed by atoms with E-state index in [0.717, 1.165) is 27.9 Å². The van der Waals surface area contributed by atoms with E-state index in [4.69, 9.17) is 5.73 Å². The van der Waals surface area contributed by atoms with Crippen LogP contribution in [0.2, 0.25) is 0 Å². The van der Waals surface area contributed by atoms with E-state index in [9.17, 15) is 17.6 Å². The van der Waals surface area contributed by atoms with E-state index < -0.39 is 39.7 Å². The molecule has 174 valence electrons. The molecule has 34 heavy (non-hydrogen) atoms. The van der Waals surface area contributed by atoms with Crippen molar-refractivity contribution in [3.63, 3.8) is 0 Å². The van der Waals surface area contributed by atoms with Gasteiger partial charge in [-0.3, -0.25) is 4.79 Å². The number of benzene rings is 3. The van der Waals surface area contributed by atoms with Gasteiger partial charge in [-0.25, -0.2) is 17.2 Å². The Balaban J connectivity index is 1.72. The van der Waals surface area contributed by atoms with Gasteiger partial charge in [0.2, 0.25) is 10.9 Å². The number of hydrogen-bond donors (Lipinski definition) is 3. The van der Waals surface area contributed by atoms with Crippen molar-refractivity contribution in [3.05, 3.63) is 88.3 Å². The molecule has 0 unspecified atom stereocenters. The highest BCUT2D eigenvalue weighted by Crippen LogP contribution is 2.31. The number of anilines is 3. The fourth-order valence-electron chi connectivity index (χ4n) is 3.24. The molecule has 3 aromatic carbocycles. The second-order valence-corrected chi connectivity index (χ2v) is 9.09. The van der Waals surface area contributed by atoms with E-state index in [1.54, 1.807) is 24.3 Å². The van der Waals surface area contributed by atoms with Gasteiger partial charge in [0, 0.05) is 16.0 Å². The van der Waals surface area contributed by atoms with Crippen molar-refractivity contribution in [1.82, 2.24) is 0 Å². The van der Waals surface area contributed by atoms with E-state index in [0.29, 0.717) is 10.1 Å². The monoisotopic (exact) mass is 500 g/mol. The topological polar surface area (TPSA) is 105 Å². The quantitative estimate of drug-likeness (QED) is 0.194. The number of fused-ring (bicyclic) bond motifs is 1. The van der Waals surface area contributed by atoms with Crippen LogP contribution in [-0.4, -0.2) is 20.5 Å². The van der Waals surface area contributed by atoms with Crippen LogP contribution in [0.25, 0.3) is 10.1 Å². The molecule has 11 heteroatoms. The number of hydrogen-bond acceptors (Lipinski definition) is 6. The van der Waals surface area contributed by atoms with Crippen LogP contribution in [-0.2, 0) is 10.9 Å². The molecule has 0 aliphatic carbocycles. The van der Waals surface area contributed by atoms with Gasteiger partial charge in [0.1, 0.15) is 0 Å². The van der Waals surface area contributed by atoms with Crippen LogP contribution in [0, 0.1) is 18.6 Å². The number of halogens is 2. The Kier molecular flexibility index (Phi) is 6.57. The number of hydrazone groups is 1. The summed E-state index contributed by atoms with van der Waals surface area (Å²) < 4.78 is 54.9. The van der Waals surface area contributed by atoms with Crippen molar-refractivity contribution in [2.45, 2.75) is 6.92 Å². The largest absolute Gasteiger partial charge is 0.366 e. The molecule has 4 aromatic rings. The van der Waals surface area contributed by atoms with Gasteiger partial charge in [0.25, 0.3) is 5.91 Å². The Morgan fingerprint density at radius 2 is 1.82 bits per heavy atom. The number of nitrogens with zero attached hydrogens (tertiary/aromatic N) is 2. The number of primary amides is 1. The lowest BCUT2D eigenvalue weighted by Crippen LogP contribution is -2.17. The number of aryl methyl sites for hydroxylation is 1. The maximum atomic E-state index is 15.0. The molecule has 0 aliphatic heterocycles. The lowest BCUT2D eigenvalue weighted by atomic mass is 10.1. The molecule has 1 amide bonds. The Hall–Kier alpha value is -3.83. The van der Waals surface area contributed by atoms with Crippen molar-refractivity contribution in [2.24, 2.45) is 10.8 Å². The molecule has 0 radical (unpaired) electrons. The molecule has 0 atom stereocenters. The van der Waals surface area contributed by atoms with Crippen molar-refractivity contribution in [3.8, 4) is 0 Å². The Morgan fingerprint density at radius 1 is 1.09 bits per heavy atom. The highest BCUT2D eigenvalue weighted by Gasteiger charge is 2.21. The molecule has 0 saturated carbocycles. The lowest BCUT2D eigenvalue weighted by molar-refractivity contribution is 0.100. The molecule has 0 aliphatic rings. The zero-order chi connectivity index (χ0) is 24.4. The van der Waals surface area contributed by atoms with Crippen LogP contribution in [0.15, 0.2) is 65.1 Å². The number of thiophene rings is 1. The van der Waals surface area contributed by atoms with Gasteiger partial charge < -0.3 is 11.1 Å². The standard InChI is InChI=1S/C23H18F2N4O3S2/c1-13-2-5-17(6-3-13)29(34(31)32)27-12-15-11-18(23(26)30)22(21(25)20(15)24)28-16-4-7-19-14(10-16)8-9-33-19/h2-12,28,34H,1H3,(H2,26,30)/b27-12+. The van der Waals surface area contributed by atoms with Crippen LogP contribution < -0.4 is 15.5 Å². The summed E-state index contributed by atoms with van der Waals surface area (Å²) in [6.07, 6.45) is 0.817. The number of amides is 1. The predicted molar refractivity (Wildman–Crippen MR) is 132 cm³/mol. The van der Waals surface area contributed by atoms with Crippen LogP contribution in [0.3, 0.4) is 0 Å². The number of thiol groups is 1. The van der Waals surface area contributed by atoms with Crippen LogP contribution in [0.4, 0.5) is 25.8 Å². The average molecular weight is 501 g/mol. The molecule has 4 rings (SSSR count). The van der Waals surface area contributed by atoms with Crippen LogP contribution in [0.1, 0.15) is 21.5 Å². The lowest BCUT2D eigenvalue weighted by Gasteiger charge is -2.14. The van der Waals surface area contributed by atoms with E-state index in [1.165, 1.54) is 23.5 Å². The molecule has 1 heterocycles. The van der Waals surface area contributed by atoms with Crippen molar-refractivity contribution in [1.29, 1.82) is 0 Å². The minimum atomic E-state index is -3.22. The first kappa shape index (κ1) is 23.3. The molecule has 0 bridgehead atoms. The Bertz CT molecular complexity index is 1490. The van der Waals surface area contributed by atoms with Crippen LogP contribution in [0.5, 0.6) is 0 Å². The summed E-state index contributed by atoms with van der Waals surface area (Å²) in [4.78, 5) is 12.0. The van der Waals surface area contributed by atoms with Crippen molar-refractivity contribution in [2.75, 3.05) is 9.73 Å². The molecule has 3 N–H and O–H groups in total. The number of nitrogens with one attached hydrogen (secondary N) is 1. The smallest absolute Gasteiger partial charge is 0.250 e. The molecule has 1 aromatic heterocycles. The van der Waals surface area contributed by atoms with E-state index >= 15 is 4.39 Å². The summed E-state index contributed by atoms with van der Waals surface area (Å²) in [5.74, 6) is -3.67. The van der Waals surface area contributed by atoms with Gasteiger partial charge >= 0.3 is 0 Å².